The third-order valence-electron chi connectivity index (χ3n) is 0.913. The quantitative estimate of drug-likeness (QED) is 0.367. The Balaban J connectivity index is 2.94. The van der Waals surface area contributed by atoms with Crippen LogP contribution in [0.2, 0.25) is 0 Å². The van der Waals surface area contributed by atoms with Gasteiger partial charge in [0.05, 0.1) is 0 Å². The average molecular weight is 116 g/mol. The molecule has 0 aliphatic heterocycles. The number of pyridine rings is 1. The van der Waals surface area contributed by atoms with Gasteiger partial charge in [0.2, 0.25) is 0 Å². The molecule has 1 heteroatoms. The number of aromatic nitrogens is 1. The molecule has 0 saturated carbocycles. The highest BCUT2D eigenvalue weighted by Gasteiger charge is 1.71. The maximum Gasteiger partial charge on any atom is 0.0263 e. The Labute approximate surface area is 54.7 Å². The largest absolute Gasteiger partial charge is 0.296 e. The van der Waals surface area contributed by atoms with Crippen LogP contribution in [0.3, 0.4) is 0 Å². The molecule has 1 heterocycles. The molecule has 0 saturated heterocycles. The van der Waals surface area contributed by atoms with Crippen LogP contribution in [0.25, 0.3) is 0 Å². The predicted octanol–water partition coefficient (Wildman–Crippen LogP) is 1.27. The van der Waals surface area contributed by atoms with E-state index in [0.717, 1.165) is 5.56 Å². The van der Waals surface area contributed by atoms with E-state index >= 15 is 0 Å². The van der Waals surface area contributed by atoms with E-state index in [2.05, 4.69) is 23.7 Å². The molecule has 1 rings (SSSR count). The van der Waals surface area contributed by atoms with E-state index in [1.165, 1.54) is 0 Å². The van der Waals surface area contributed by atoms with Crippen molar-refractivity contribution in [2.45, 2.75) is 0 Å². The van der Waals surface area contributed by atoms with Gasteiger partial charge in [0, 0.05) is 12.4 Å². The lowest BCUT2D eigenvalue weighted by Gasteiger charge is -1.90. The zero-order valence-electron chi connectivity index (χ0n) is 4.96. The van der Waals surface area contributed by atoms with Crippen molar-refractivity contribution in [1.82, 2.24) is 4.98 Å². The molecule has 0 bridgehead atoms. The minimum atomic E-state index is 0.958. The summed E-state index contributed by atoms with van der Waals surface area (Å²) in [5.74, 6) is 5.36. The fourth-order valence-corrected chi connectivity index (χ4v) is 0.537. The average Bonchev–Trinajstić information content (AvgIpc) is 1.91. The Bertz CT molecular complexity index is 228. The van der Waals surface area contributed by atoms with Crippen LogP contribution in [0.4, 0.5) is 0 Å². The Morgan fingerprint density at radius 2 is 2.00 bits per heavy atom. The van der Waals surface area contributed by atoms with Crippen molar-refractivity contribution in [3.8, 4) is 11.8 Å². The summed E-state index contributed by atoms with van der Waals surface area (Å²) in [5.41, 5.74) is 0.958. The molecule has 1 aromatic rings. The Morgan fingerprint density at radius 3 is 2.56 bits per heavy atom. The second-order valence-corrected chi connectivity index (χ2v) is 1.54. The summed E-state index contributed by atoms with van der Waals surface area (Å²) in [7, 11) is 0. The standard InChI is InChI=1S/C8H6N/c1-2-3-8-4-6-9-7-5-8/h4-7H,1H2/q-1. The van der Waals surface area contributed by atoms with E-state index in [0.29, 0.717) is 0 Å². The van der Waals surface area contributed by atoms with Gasteiger partial charge in [-0.15, -0.1) is 0 Å². The van der Waals surface area contributed by atoms with Crippen LogP contribution in [0.15, 0.2) is 24.5 Å². The molecule has 0 unspecified atom stereocenters. The molecule has 0 N–H and O–H groups in total. The molecule has 1 nitrogen and oxygen atoms in total. The number of nitrogens with zero attached hydrogens (tertiary/aromatic N) is 1. The minimum absolute atomic E-state index is 0.958. The summed E-state index contributed by atoms with van der Waals surface area (Å²) >= 11 is 0. The smallest absolute Gasteiger partial charge is 0.0263 e. The zero-order chi connectivity index (χ0) is 6.53. The summed E-state index contributed by atoms with van der Waals surface area (Å²) in [4.78, 5) is 3.84. The first-order valence-electron chi connectivity index (χ1n) is 2.61. The molecule has 44 valence electrons. The third kappa shape index (κ3) is 1.50. The van der Waals surface area contributed by atoms with E-state index in [-0.39, 0.29) is 0 Å². The van der Waals surface area contributed by atoms with E-state index in [1.807, 2.05) is 12.1 Å². The van der Waals surface area contributed by atoms with Crippen molar-refractivity contribution in [2.75, 3.05) is 0 Å². The molecule has 1 aromatic heterocycles. The van der Waals surface area contributed by atoms with E-state index in [1.54, 1.807) is 12.4 Å². The van der Waals surface area contributed by atoms with Gasteiger partial charge in [-0.3, -0.25) is 16.8 Å². The Morgan fingerprint density at radius 1 is 1.33 bits per heavy atom. The van der Waals surface area contributed by atoms with Crippen molar-refractivity contribution < 1.29 is 0 Å². The van der Waals surface area contributed by atoms with Crippen molar-refractivity contribution >= 4 is 0 Å². The van der Waals surface area contributed by atoms with Crippen molar-refractivity contribution in [3.05, 3.63) is 37.0 Å². The summed E-state index contributed by atoms with van der Waals surface area (Å²) in [6.45, 7) is 3.40. The highest BCUT2D eigenvalue weighted by atomic mass is 14.6. The van der Waals surface area contributed by atoms with Crippen LogP contribution in [-0.2, 0) is 0 Å². The predicted molar refractivity (Wildman–Crippen MR) is 36.5 cm³/mol. The van der Waals surface area contributed by atoms with E-state index in [4.69, 9.17) is 0 Å². The topological polar surface area (TPSA) is 12.9 Å². The SMILES string of the molecule is [CH2-]C#Cc1ccncc1. The minimum Gasteiger partial charge on any atom is -0.296 e. The first-order chi connectivity index (χ1) is 4.43. The molecule has 0 amide bonds. The molecule has 9 heavy (non-hydrogen) atoms. The molecule has 0 aliphatic carbocycles. The van der Waals surface area contributed by atoms with Gasteiger partial charge in [-0.2, -0.15) is 6.92 Å². The maximum absolute atomic E-state index is 3.84. The highest BCUT2D eigenvalue weighted by molar-refractivity contribution is 5.32. The molecule has 0 radical (unpaired) electrons. The molecule has 0 aliphatic rings. The van der Waals surface area contributed by atoms with Gasteiger partial charge in [-0.1, -0.05) is 5.56 Å². The molecule has 0 spiro atoms. The lowest BCUT2D eigenvalue weighted by atomic mass is 10.3. The number of hydrogen-bond acceptors (Lipinski definition) is 1. The fourth-order valence-electron chi connectivity index (χ4n) is 0.537. The summed E-state index contributed by atoms with van der Waals surface area (Å²) in [6, 6.07) is 3.69. The maximum atomic E-state index is 3.84. The van der Waals surface area contributed by atoms with Crippen molar-refractivity contribution in [1.29, 1.82) is 0 Å². The van der Waals surface area contributed by atoms with Crippen LogP contribution in [0.1, 0.15) is 5.56 Å². The van der Waals surface area contributed by atoms with Gasteiger partial charge in [0.1, 0.15) is 0 Å². The Hall–Kier alpha value is -1.42. The van der Waals surface area contributed by atoms with Crippen LogP contribution < -0.4 is 0 Å². The fraction of sp³-hybridized carbons (Fsp3) is 0. The van der Waals surface area contributed by atoms with Gasteiger partial charge in [-0.05, 0) is 12.1 Å². The van der Waals surface area contributed by atoms with Gasteiger partial charge in [0.25, 0.3) is 0 Å². The molecule has 0 aromatic carbocycles. The zero-order valence-corrected chi connectivity index (χ0v) is 4.96. The first kappa shape index (κ1) is 5.71. The summed E-state index contributed by atoms with van der Waals surface area (Å²) in [6.07, 6.45) is 3.42. The molecule has 0 fully saturated rings. The lowest BCUT2D eigenvalue weighted by molar-refractivity contribution is 1.32. The second-order valence-electron chi connectivity index (χ2n) is 1.54. The number of hydrogen-bond donors (Lipinski definition) is 0. The monoisotopic (exact) mass is 116 g/mol. The first-order valence-corrected chi connectivity index (χ1v) is 2.61. The normalized spacial score (nSPS) is 7.56. The van der Waals surface area contributed by atoms with E-state index < -0.39 is 0 Å². The second kappa shape index (κ2) is 2.78. The van der Waals surface area contributed by atoms with Gasteiger partial charge >= 0.3 is 0 Å². The van der Waals surface area contributed by atoms with Crippen LogP contribution in [-0.4, -0.2) is 4.98 Å². The van der Waals surface area contributed by atoms with Gasteiger partial charge < -0.3 is 0 Å². The molecular weight excluding hydrogens is 110 g/mol. The van der Waals surface area contributed by atoms with Gasteiger partial charge in [0.15, 0.2) is 0 Å². The van der Waals surface area contributed by atoms with Gasteiger partial charge in [-0.25, -0.2) is 0 Å². The molecule has 0 atom stereocenters. The summed E-state index contributed by atoms with van der Waals surface area (Å²) < 4.78 is 0. The summed E-state index contributed by atoms with van der Waals surface area (Å²) in [5, 5.41) is 0. The number of rotatable bonds is 0. The molecular formula is C8H6N-. The lowest BCUT2D eigenvalue weighted by Crippen LogP contribution is -1.72. The van der Waals surface area contributed by atoms with Crippen LogP contribution in [0.5, 0.6) is 0 Å². The van der Waals surface area contributed by atoms with Crippen LogP contribution in [0, 0.1) is 18.8 Å². The highest BCUT2D eigenvalue weighted by Crippen LogP contribution is 1.90. The van der Waals surface area contributed by atoms with Crippen molar-refractivity contribution in [2.24, 2.45) is 0 Å². The van der Waals surface area contributed by atoms with Crippen LogP contribution >= 0.6 is 0 Å². The van der Waals surface area contributed by atoms with E-state index in [9.17, 15) is 0 Å². The Kier molecular flexibility index (Phi) is 1.77. The van der Waals surface area contributed by atoms with Crippen molar-refractivity contribution in [3.63, 3.8) is 0 Å². The third-order valence-corrected chi connectivity index (χ3v) is 0.913.